The average Bonchev–Trinajstić information content (AvgIpc) is 2.71. The number of hydrogen-bond acceptors (Lipinski definition) is 5. The fourth-order valence-corrected chi connectivity index (χ4v) is 4.21. The van der Waals surface area contributed by atoms with Crippen molar-refractivity contribution >= 4 is 25.8 Å². The van der Waals surface area contributed by atoms with E-state index in [0.717, 1.165) is 18.4 Å². The molecule has 9 heteroatoms. The topological polar surface area (TPSA) is 83.8 Å². The summed E-state index contributed by atoms with van der Waals surface area (Å²) in [7, 11) is -3.77. The molecule has 25 heavy (non-hydrogen) atoms. The van der Waals surface area contributed by atoms with Crippen molar-refractivity contribution in [2.75, 3.05) is 6.26 Å². The molecular formula is C16H13BrF2O5S. The number of alkyl halides is 1. The largest absolute Gasteiger partial charge is 0.457 e. The molecule has 5 nitrogen and oxygen atoms in total. The number of sulfone groups is 1. The number of halogens is 3. The lowest BCUT2D eigenvalue weighted by molar-refractivity contribution is 0.00836. The Bertz CT molecular complexity index is 928. The van der Waals surface area contributed by atoms with Gasteiger partial charge in [-0.15, -0.1) is 0 Å². The monoisotopic (exact) mass is 434 g/mol. The first-order valence-electron chi connectivity index (χ1n) is 7.10. The number of ether oxygens (including phenoxy) is 1. The van der Waals surface area contributed by atoms with Gasteiger partial charge in [0.1, 0.15) is 29.5 Å². The zero-order valence-electron chi connectivity index (χ0n) is 12.8. The van der Waals surface area contributed by atoms with Crippen molar-refractivity contribution in [2.24, 2.45) is 0 Å². The molecule has 0 aliphatic heterocycles. The van der Waals surface area contributed by atoms with E-state index in [1.165, 1.54) is 18.2 Å². The number of fused-ring (bicyclic) bond motifs is 1. The highest BCUT2D eigenvalue weighted by atomic mass is 79.9. The predicted molar refractivity (Wildman–Crippen MR) is 88.5 cm³/mol. The summed E-state index contributed by atoms with van der Waals surface area (Å²) in [6.45, 7) is 0. The van der Waals surface area contributed by atoms with Crippen LogP contribution in [0.25, 0.3) is 0 Å². The van der Waals surface area contributed by atoms with Gasteiger partial charge in [-0.05, 0) is 24.3 Å². The molecule has 3 rings (SSSR count). The van der Waals surface area contributed by atoms with E-state index >= 15 is 0 Å². The molecule has 0 radical (unpaired) electrons. The Labute approximate surface area is 150 Å². The van der Waals surface area contributed by atoms with Gasteiger partial charge in [-0.3, -0.25) is 0 Å². The Morgan fingerprint density at radius 2 is 1.76 bits per heavy atom. The molecule has 0 amide bonds. The Hall–Kier alpha value is -1.55. The van der Waals surface area contributed by atoms with Gasteiger partial charge in [0.15, 0.2) is 16.0 Å². The molecule has 0 heterocycles. The summed E-state index contributed by atoms with van der Waals surface area (Å²) in [5.41, 5.74) is -0.404. The van der Waals surface area contributed by atoms with Crippen LogP contribution in [0.3, 0.4) is 0 Å². The molecule has 1 aliphatic rings. The van der Waals surface area contributed by atoms with Gasteiger partial charge in [0.05, 0.1) is 4.90 Å². The lowest BCUT2D eigenvalue weighted by Gasteiger charge is -2.15. The maximum atomic E-state index is 14.1. The fraction of sp³-hybridized carbons (Fsp3) is 0.250. The smallest absolute Gasteiger partial charge is 0.175 e. The number of aliphatic hydroxyl groups excluding tert-OH is 2. The van der Waals surface area contributed by atoms with Crippen LogP contribution in [-0.4, -0.2) is 31.1 Å². The summed E-state index contributed by atoms with van der Waals surface area (Å²) >= 11 is 3.11. The molecule has 0 aromatic heterocycles. The van der Waals surface area contributed by atoms with Gasteiger partial charge in [-0.1, -0.05) is 15.9 Å². The van der Waals surface area contributed by atoms with Gasteiger partial charge < -0.3 is 14.9 Å². The Morgan fingerprint density at radius 3 is 2.36 bits per heavy atom. The first-order valence-corrected chi connectivity index (χ1v) is 9.79. The first-order chi connectivity index (χ1) is 11.6. The van der Waals surface area contributed by atoms with E-state index in [1.807, 2.05) is 0 Å². The maximum absolute atomic E-state index is 14.1. The maximum Gasteiger partial charge on any atom is 0.175 e. The average molecular weight is 435 g/mol. The van der Waals surface area contributed by atoms with Gasteiger partial charge in [0.2, 0.25) is 0 Å². The van der Waals surface area contributed by atoms with E-state index < -0.39 is 34.0 Å². The molecule has 1 aliphatic carbocycles. The molecular weight excluding hydrogens is 422 g/mol. The van der Waals surface area contributed by atoms with E-state index in [1.54, 1.807) is 0 Å². The van der Waals surface area contributed by atoms with Crippen LogP contribution in [0.15, 0.2) is 39.7 Å². The lowest BCUT2D eigenvalue weighted by Crippen LogP contribution is -2.13. The van der Waals surface area contributed by atoms with Crippen LogP contribution >= 0.6 is 15.9 Å². The zero-order chi connectivity index (χ0) is 18.5. The molecule has 2 aromatic carbocycles. The van der Waals surface area contributed by atoms with Gasteiger partial charge >= 0.3 is 0 Å². The van der Waals surface area contributed by atoms with Crippen molar-refractivity contribution in [3.63, 3.8) is 0 Å². The van der Waals surface area contributed by atoms with E-state index in [9.17, 15) is 27.4 Å². The van der Waals surface area contributed by atoms with Crippen LogP contribution in [0.4, 0.5) is 8.78 Å². The summed E-state index contributed by atoms with van der Waals surface area (Å²) in [4.78, 5) is -0.290. The van der Waals surface area contributed by atoms with E-state index in [2.05, 4.69) is 15.9 Å². The van der Waals surface area contributed by atoms with Crippen LogP contribution in [0.5, 0.6) is 11.5 Å². The standard InChI is InChI=1S/C16H13BrF2O5S/c1-25(22,23)11-3-2-10(12-13(11)16(21)14(19)15(12)20)24-9-5-7(17)4-8(18)6-9/h2-6,14-16,20-21H,1H3. The molecule has 3 atom stereocenters. The fourth-order valence-electron chi connectivity index (χ4n) is 2.82. The Morgan fingerprint density at radius 1 is 1.12 bits per heavy atom. The summed E-state index contributed by atoms with van der Waals surface area (Å²) in [6.07, 6.45) is -4.76. The quantitative estimate of drug-likeness (QED) is 0.774. The number of rotatable bonds is 3. The second-order valence-corrected chi connectivity index (χ2v) is 8.60. The van der Waals surface area contributed by atoms with Crippen LogP contribution in [0, 0.1) is 5.82 Å². The minimum atomic E-state index is -3.77. The normalized spacial score (nSPS) is 22.7. The molecule has 0 spiro atoms. The summed E-state index contributed by atoms with van der Waals surface area (Å²) in [5, 5.41) is 20.1. The summed E-state index contributed by atoms with van der Waals surface area (Å²) in [6, 6.07) is 6.13. The van der Waals surface area contributed by atoms with Gasteiger partial charge in [-0.2, -0.15) is 0 Å². The summed E-state index contributed by atoms with van der Waals surface area (Å²) in [5.74, 6) is -0.588. The molecule has 2 N–H and O–H groups in total. The zero-order valence-corrected chi connectivity index (χ0v) is 15.2. The summed E-state index contributed by atoms with van der Waals surface area (Å²) < 4.78 is 57.3. The third kappa shape index (κ3) is 3.29. The minimum absolute atomic E-state index is 0.0604. The highest BCUT2D eigenvalue weighted by molar-refractivity contribution is 9.10. The van der Waals surface area contributed by atoms with Crippen LogP contribution in [-0.2, 0) is 9.84 Å². The lowest BCUT2D eigenvalue weighted by atomic mass is 10.1. The Kier molecular flexibility index (Phi) is 4.61. The molecule has 0 bridgehead atoms. The molecule has 2 aromatic rings. The number of benzene rings is 2. The van der Waals surface area contributed by atoms with Gasteiger partial charge in [-0.25, -0.2) is 17.2 Å². The van der Waals surface area contributed by atoms with Crippen LogP contribution in [0.1, 0.15) is 23.3 Å². The van der Waals surface area contributed by atoms with Crippen molar-refractivity contribution in [1.29, 1.82) is 0 Å². The van der Waals surface area contributed by atoms with Crippen LogP contribution in [0.2, 0.25) is 0 Å². The van der Waals surface area contributed by atoms with Crippen molar-refractivity contribution in [1.82, 2.24) is 0 Å². The van der Waals surface area contributed by atoms with Gasteiger partial charge in [0.25, 0.3) is 0 Å². The number of aliphatic hydroxyl groups is 2. The van der Waals surface area contributed by atoms with Crippen LogP contribution < -0.4 is 4.74 Å². The van der Waals surface area contributed by atoms with Crippen molar-refractivity contribution in [3.8, 4) is 11.5 Å². The van der Waals surface area contributed by atoms with E-state index in [0.29, 0.717) is 4.47 Å². The van der Waals surface area contributed by atoms with E-state index in [-0.39, 0.29) is 27.5 Å². The molecule has 0 fully saturated rings. The van der Waals surface area contributed by atoms with Crippen molar-refractivity contribution in [2.45, 2.75) is 23.3 Å². The highest BCUT2D eigenvalue weighted by Gasteiger charge is 2.44. The third-order valence-electron chi connectivity index (χ3n) is 3.87. The third-order valence-corrected chi connectivity index (χ3v) is 5.48. The predicted octanol–water partition coefficient (Wildman–Crippen LogP) is 3.20. The first kappa shape index (κ1) is 18.2. The molecule has 3 unspecified atom stereocenters. The SMILES string of the molecule is CS(=O)(=O)c1ccc(Oc2cc(F)cc(Br)c2)c2c1C(O)C(F)C2O. The molecule has 0 saturated heterocycles. The van der Waals surface area contributed by atoms with Gasteiger partial charge in [0, 0.05) is 27.9 Å². The molecule has 0 saturated carbocycles. The Balaban J connectivity index is 2.17. The van der Waals surface area contributed by atoms with E-state index in [4.69, 9.17) is 4.74 Å². The minimum Gasteiger partial charge on any atom is -0.457 e. The number of hydrogen-bond donors (Lipinski definition) is 2. The highest BCUT2D eigenvalue weighted by Crippen LogP contribution is 2.49. The second kappa shape index (κ2) is 6.31. The van der Waals surface area contributed by atoms with Crippen molar-refractivity contribution < 1.29 is 32.1 Å². The van der Waals surface area contributed by atoms with Crippen molar-refractivity contribution in [3.05, 3.63) is 51.7 Å². The molecule has 134 valence electrons. The second-order valence-electron chi connectivity index (χ2n) is 5.70.